The van der Waals surface area contributed by atoms with Gasteiger partial charge in [0, 0.05) is 0 Å². The van der Waals surface area contributed by atoms with E-state index in [9.17, 15) is 0 Å². The lowest BCUT2D eigenvalue weighted by molar-refractivity contribution is 1.26. The molecule has 18 heavy (non-hydrogen) atoms. The molecular formula is C16H16N2. The van der Waals surface area contributed by atoms with Crippen LogP contribution in [0.1, 0.15) is 22.3 Å². The molecule has 0 aliphatic carbocycles. The van der Waals surface area contributed by atoms with E-state index in [1.807, 2.05) is 24.3 Å². The molecule has 0 radical (unpaired) electrons. The summed E-state index contributed by atoms with van der Waals surface area (Å²) >= 11 is 0. The summed E-state index contributed by atoms with van der Waals surface area (Å²) in [5, 5.41) is 8.10. The largest absolute Gasteiger partial charge is 0.159 e. The minimum atomic E-state index is 1.07. The van der Waals surface area contributed by atoms with Crippen molar-refractivity contribution in [3.63, 3.8) is 0 Å². The van der Waals surface area contributed by atoms with E-state index in [4.69, 9.17) is 0 Å². The third-order valence-corrected chi connectivity index (χ3v) is 2.56. The Labute approximate surface area is 108 Å². The third kappa shape index (κ3) is 3.67. The first-order chi connectivity index (χ1) is 8.74. The van der Waals surface area contributed by atoms with Gasteiger partial charge in [-0.15, -0.1) is 0 Å². The van der Waals surface area contributed by atoms with Crippen molar-refractivity contribution in [1.82, 2.24) is 0 Å². The summed E-state index contributed by atoms with van der Waals surface area (Å²) in [5.74, 6) is 0. The van der Waals surface area contributed by atoms with E-state index in [-0.39, 0.29) is 0 Å². The molecule has 0 saturated carbocycles. The highest BCUT2D eigenvalue weighted by molar-refractivity contribution is 5.82. The molecule has 90 valence electrons. The molecule has 0 amide bonds. The SMILES string of the molecule is Cc1cccc(/C=N/N=C/c2cccc(C)c2)c1. The second kappa shape index (κ2) is 5.92. The minimum absolute atomic E-state index is 1.07. The zero-order valence-electron chi connectivity index (χ0n) is 10.7. The van der Waals surface area contributed by atoms with Crippen LogP contribution in [0.25, 0.3) is 0 Å². The van der Waals surface area contributed by atoms with Crippen molar-refractivity contribution >= 4 is 12.4 Å². The Morgan fingerprint density at radius 3 is 1.56 bits per heavy atom. The number of nitrogens with zero attached hydrogens (tertiary/aromatic N) is 2. The molecule has 0 bridgehead atoms. The van der Waals surface area contributed by atoms with Crippen LogP contribution in [-0.4, -0.2) is 12.4 Å². The standard InChI is InChI=1S/C16H16N2/c1-13-5-3-7-15(9-13)11-17-18-12-16-8-4-6-14(2)10-16/h3-12H,1-2H3/b17-11+,18-12+. The fourth-order valence-corrected chi connectivity index (χ4v) is 1.70. The molecule has 2 aromatic carbocycles. The number of hydrogen-bond acceptors (Lipinski definition) is 2. The van der Waals surface area contributed by atoms with Crippen LogP contribution < -0.4 is 0 Å². The minimum Gasteiger partial charge on any atom is -0.159 e. The first-order valence-electron chi connectivity index (χ1n) is 5.94. The van der Waals surface area contributed by atoms with Gasteiger partial charge in [0.2, 0.25) is 0 Å². The molecule has 0 aromatic heterocycles. The lowest BCUT2D eigenvalue weighted by Gasteiger charge is -1.94. The maximum Gasteiger partial charge on any atom is 0.0568 e. The average Bonchev–Trinajstić information content (AvgIpc) is 2.35. The Morgan fingerprint density at radius 1 is 0.722 bits per heavy atom. The molecule has 0 atom stereocenters. The molecular weight excluding hydrogens is 220 g/mol. The molecule has 2 nitrogen and oxygen atoms in total. The number of hydrogen-bond donors (Lipinski definition) is 0. The first-order valence-corrected chi connectivity index (χ1v) is 5.94. The smallest absolute Gasteiger partial charge is 0.0568 e. The van der Waals surface area contributed by atoms with Crippen molar-refractivity contribution < 1.29 is 0 Å². The summed E-state index contributed by atoms with van der Waals surface area (Å²) in [6, 6.07) is 16.3. The van der Waals surface area contributed by atoms with Gasteiger partial charge in [0.15, 0.2) is 0 Å². The van der Waals surface area contributed by atoms with Crippen molar-refractivity contribution in [1.29, 1.82) is 0 Å². The van der Waals surface area contributed by atoms with Crippen molar-refractivity contribution in [2.45, 2.75) is 13.8 Å². The molecule has 0 saturated heterocycles. The third-order valence-electron chi connectivity index (χ3n) is 2.56. The summed E-state index contributed by atoms with van der Waals surface area (Å²) in [4.78, 5) is 0. The number of aryl methyl sites for hydroxylation is 2. The maximum atomic E-state index is 4.05. The summed E-state index contributed by atoms with van der Waals surface area (Å²) in [6.07, 6.45) is 3.53. The number of benzene rings is 2. The average molecular weight is 236 g/mol. The molecule has 2 heteroatoms. The summed E-state index contributed by atoms with van der Waals surface area (Å²) in [6.45, 7) is 4.13. The predicted octanol–water partition coefficient (Wildman–Crippen LogP) is 3.76. The van der Waals surface area contributed by atoms with Crippen molar-refractivity contribution in [3.05, 3.63) is 70.8 Å². The van der Waals surface area contributed by atoms with Gasteiger partial charge in [-0.3, -0.25) is 0 Å². The second-order valence-corrected chi connectivity index (χ2v) is 4.32. The molecule has 0 aliphatic heterocycles. The molecule has 0 N–H and O–H groups in total. The predicted molar refractivity (Wildman–Crippen MR) is 77.5 cm³/mol. The fraction of sp³-hybridized carbons (Fsp3) is 0.125. The zero-order chi connectivity index (χ0) is 12.8. The van der Waals surface area contributed by atoms with Gasteiger partial charge in [0.1, 0.15) is 0 Å². The van der Waals surface area contributed by atoms with E-state index in [0.29, 0.717) is 0 Å². The van der Waals surface area contributed by atoms with E-state index in [1.165, 1.54) is 11.1 Å². The van der Waals surface area contributed by atoms with Crippen molar-refractivity contribution in [2.24, 2.45) is 10.2 Å². The van der Waals surface area contributed by atoms with Crippen LogP contribution in [0.4, 0.5) is 0 Å². The van der Waals surface area contributed by atoms with E-state index in [0.717, 1.165) is 11.1 Å². The monoisotopic (exact) mass is 236 g/mol. The topological polar surface area (TPSA) is 24.7 Å². The van der Waals surface area contributed by atoms with Crippen LogP contribution in [-0.2, 0) is 0 Å². The van der Waals surface area contributed by atoms with Gasteiger partial charge >= 0.3 is 0 Å². The van der Waals surface area contributed by atoms with Crippen LogP contribution in [0.3, 0.4) is 0 Å². The Balaban J connectivity index is 2.03. The van der Waals surface area contributed by atoms with E-state index in [2.05, 4.69) is 48.3 Å². The van der Waals surface area contributed by atoms with Crippen LogP contribution >= 0.6 is 0 Å². The van der Waals surface area contributed by atoms with Gasteiger partial charge in [-0.25, -0.2) is 0 Å². The molecule has 0 aliphatic rings. The van der Waals surface area contributed by atoms with Gasteiger partial charge in [0.25, 0.3) is 0 Å². The van der Waals surface area contributed by atoms with Crippen LogP contribution in [0.5, 0.6) is 0 Å². The molecule has 0 unspecified atom stereocenters. The quantitative estimate of drug-likeness (QED) is 0.572. The van der Waals surface area contributed by atoms with Crippen molar-refractivity contribution in [2.75, 3.05) is 0 Å². The highest BCUT2D eigenvalue weighted by Crippen LogP contribution is 2.02. The molecule has 0 fully saturated rings. The molecule has 2 aromatic rings. The molecule has 0 heterocycles. The van der Waals surface area contributed by atoms with Crippen LogP contribution in [0.2, 0.25) is 0 Å². The highest BCUT2D eigenvalue weighted by atomic mass is 15.2. The van der Waals surface area contributed by atoms with Gasteiger partial charge in [-0.1, -0.05) is 59.7 Å². The van der Waals surface area contributed by atoms with Gasteiger partial charge in [-0.2, -0.15) is 10.2 Å². The first kappa shape index (κ1) is 12.2. The molecule has 0 spiro atoms. The lowest BCUT2D eigenvalue weighted by Crippen LogP contribution is -1.83. The fourth-order valence-electron chi connectivity index (χ4n) is 1.70. The van der Waals surface area contributed by atoms with Crippen LogP contribution in [0.15, 0.2) is 58.7 Å². The zero-order valence-corrected chi connectivity index (χ0v) is 10.7. The van der Waals surface area contributed by atoms with Gasteiger partial charge in [-0.05, 0) is 25.0 Å². The molecule has 2 rings (SSSR count). The van der Waals surface area contributed by atoms with E-state index < -0.39 is 0 Å². The Hall–Kier alpha value is -2.22. The summed E-state index contributed by atoms with van der Waals surface area (Å²) in [5.41, 5.74) is 4.58. The van der Waals surface area contributed by atoms with E-state index >= 15 is 0 Å². The van der Waals surface area contributed by atoms with E-state index in [1.54, 1.807) is 12.4 Å². The Morgan fingerprint density at radius 2 is 1.17 bits per heavy atom. The van der Waals surface area contributed by atoms with Gasteiger partial charge in [0.05, 0.1) is 12.4 Å². The maximum absolute atomic E-state index is 4.05. The normalized spacial score (nSPS) is 11.4. The van der Waals surface area contributed by atoms with Crippen molar-refractivity contribution in [3.8, 4) is 0 Å². The van der Waals surface area contributed by atoms with Crippen LogP contribution in [0, 0.1) is 13.8 Å². The lowest BCUT2D eigenvalue weighted by atomic mass is 10.1. The second-order valence-electron chi connectivity index (χ2n) is 4.32. The highest BCUT2D eigenvalue weighted by Gasteiger charge is 1.88. The summed E-state index contributed by atoms with van der Waals surface area (Å²) in [7, 11) is 0. The van der Waals surface area contributed by atoms with Gasteiger partial charge < -0.3 is 0 Å². The number of rotatable bonds is 3. The Kier molecular flexibility index (Phi) is 4.02. The Bertz CT molecular complexity index is 530. The summed E-state index contributed by atoms with van der Waals surface area (Å²) < 4.78 is 0.